The molecule has 0 unspecified atom stereocenters. The quantitative estimate of drug-likeness (QED) is 0.160. The average Bonchev–Trinajstić information content (AvgIpc) is 3.85. The van der Waals surface area contributed by atoms with Crippen molar-refractivity contribution in [1.82, 2.24) is 9.97 Å². The molecule has 2 aromatic heterocycles. The van der Waals surface area contributed by atoms with Crippen molar-refractivity contribution in [3.05, 3.63) is 230 Å². The van der Waals surface area contributed by atoms with Crippen molar-refractivity contribution in [1.29, 1.82) is 0 Å². The first-order valence-electron chi connectivity index (χ1n) is 22.0. The summed E-state index contributed by atoms with van der Waals surface area (Å²) in [6, 6.07) is 79.2. The second-order valence-electron chi connectivity index (χ2n) is 17.4. The molecule has 0 saturated carbocycles. The van der Waals surface area contributed by atoms with Gasteiger partial charge in [0, 0.05) is 42.3 Å². The van der Waals surface area contributed by atoms with Gasteiger partial charge in [-0.05, 0) is 127 Å². The molecule has 9 aromatic carbocycles. The van der Waals surface area contributed by atoms with Gasteiger partial charge in [-0.3, -0.25) is 0 Å². The molecule has 1 aliphatic rings. The van der Waals surface area contributed by atoms with Gasteiger partial charge in [0.15, 0.2) is 5.82 Å². The van der Waals surface area contributed by atoms with Crippen molar-refractivity contribution in [2.75, 3.05) is 0 Å². The largest absolute Gasteiger partial charge is 0.228 e. The zero-order valence-electron chi connectivity index (χ0n) is 35.6. The van der Waals surface area contributed by atoms with Gasteiger partial charge < -0.3 is 0 Å². The van der Waals surface area contributed by atoms with E-state index in [-0.39, 0.29) is 5.41 Å². The fourth-order valence-electron chi connectivity index (χ4n) is 9.74. The van der Waals surface area contributed by atoms with Gasteiger partial charge in [0.1, 0.15) is 0 Å². The van der Waals surface area contributed by atoms with Crippen LogP contribution < -0.4 is 0 Å². The lowest BCUT2D eigenvalue weighted by atomic mass is 9.82. The van der Waals surface area contributed by atoms with Gasteiger partial charge in [0.05, 0.1) is 11.4 Å². The van der Waals surface area contributed by atoms with Crippen LogP contribution in [0, 0.1) is 0 Å². The van der Waals surface area contributed by atoms with Gasteiger partial charge in [-0.2, -0.15) is 0 Å². The van der Waals surface area contributed by atoms with Crippen LogP contribution in [0.15, 0.2) is 218 Å². The maximum atomic E-state index is 5.36. The normalized spacial score (nSPS) is 12.7. The third-order valence-corrected chi connectivity index (χ3v) is 14.2. The summed E-state index contributed by atoms with van der Waals surface area (Å²) in [6.07, 6.45) is 0. The third-order valence-electron chi connectivity index (χ3n) is 13.1. The van der Waals surface area contributed by atoms with Crippen LogP contribution in [-0.4, -0.2) is 9.97 Å². The summed E-state index contributed by atoms with van der Waals surface area (Å²) in [5.41, 5.74) is 19.5. The average molecular weight is 835 g/mol. The van der Waals surface area contributed by atoms with Gasteiger partial charge in [-0.15, -0.1) is 11.3 Å². The van der Waals surface area contributed by atoms with E-state index in [2.05, 4.69) is 226 Å². The van der Waals surface area contributed by atoms with Crippen molar-refractivity contribution >= 4 is 31.5 Å². The van der Waals surface area contributed by atoms with Gasteiger partial charge in [0.2, 0.25) is 0 Å². The molecule has 1 aliphatic carbocycles. The number of rotatable bonds is 7. The Morgan fingerprint density at radius 1 is 0.312 bits per heavy atom. The maximum absolute atomic E-state index is 5.36. The molecule has 0 amide bonds. The summed E-state index contributed by atoms with van der Waals surface area (Å²) >= 11 is 1.85. The Hall–Kier alpha value is -7.72. The Balaban J connectivity index is 1.02. The van der Waals surface area contributed by atoms with E-state index >= 15 is 0 Å². The lowest BCUT2D eigenvalue weighted by Crippen LogP contribution is -2.14. The maximum Gasteiger partial charge on any atom is 0.160 e. The molecule has 0 N–H and O–H groups in total. The number of thiophene rings is 1. The molecule has 0 spiro atoms. The summed E-state index contributed by atoms with van der Waals surface area (Å²) in [5.74, 6) is 0.694. The molecule has 0 saturated heterocycles. The van der Waals surface area contributed by atoms with Crippen LogP contribution in [0.4, 0.5) is 0 Å². The van der Waals surface area contributed by atoms with Crippen molar-refractivity contribution in [2.45, 2.75) is 19.3 Å². The topological polar surface area (TPSA) is 25.8 Å². The lowest BCUT2D eigenvalue weighted by molar-refractivity contribution is 0.660. The first-order chi connectivity index (χ1) is 31.4. The second-order valence-corrected chi connectivity index (χ2v) is 18.5. The summed E-state index contributed by atoms with van der Waals surface area (Å²) in [4.78, 5) is 10.7. The number of hydrogen-bond acceptors (Lipinski definition) is 3. The molecule has 0 radical (unpaired) electrons. The van der Waals surface area contributed by atoms with Gasteiger partial charge in [-0.25, -0.2) is 9.97 Å². The number of aromatic nitrogens is 2. The summed E-state index contributed by atoms with van der Waals surface area (Å²) in [5, 5.41) is 2.57. The van der Waals surface area contributed by atoms with E-state index in [9.17, 15) is 0 Å². The first kappa shape index (κ1) is 38.0. The Morgan fingerprint density at radius 2 is 0.812 bits per heavy atom. The molecule has 0 bridgehead atoms. The van der Waals surface area contributed by atoms with Crippen molar-refractivity contribution in [2.24, 2.45) is 0 Å². The molecule has 12 rings (SSSR count). The molecular weight excluding hydrogens is 793 g/mol. The molecule has 64 heavy (non-hydrogen) atoms. The predicted molar refractivity (Wildman–Crippen MR) is 271 cm³/mol. The van der Waals surface area contributed by atoms with Crippen molar-refractivity contribution in [3.8, 4) is 89.5 Å². The lowest BCUT2D eigenvalue weighted by Gasteiger charge is -2.21. The van der Waals surface area contributed by atoms with Gasteiger partial charge in [0.25, 0.3) is 0 Å². The molecule has 11 aromatic rings. The van der Waals surface area contributed by atoms with E-state index in [1.165, 1.54) is 64.7 Å². The van der Waals surface area contributed by atoms with E-state index in [0.717, 1.165) is 50.3 Å². The molecule has 3 heteroatoms. The number of benzene rings is 9. The van der Waals surface area contributed by atoms with Crippen LogP contribution in [0.25, 0.3) is 110 Å². The second kappa shape index (κ2) is 15.3. The molecule has 2 heterocycles. The molecule has 2 nitrogen and oxygen atoms in total. The SMILES string of the molecule is CC1(C)c2ccccc2-c2cc(-c3cccc(-c4cc(-c5cc(-c6cccc(-c7ccccc7)c6)cc(-c6ccc7sc8ccccc8c7c6)c5)nc(-c5ccccc5)n4)c3)ccc21. The Morgan fingerprint density at radius 3 is 1.59 bits per heavy atom. The fourth-order valence-corrected chi connectivity index (χ4v) is 10.8. The highest BCUT2D eigenvalue weighted by Crippen LogP contribution is 2.50. The Labute approximate surface area is 377 Å². The van der Waals surface area contributed by atoms with Gasteiger partial charge in [-0.1, -0.05) is 172 Å². The smallest absolute Gasteiger partial charge is 0.160 e. The minimum Gasteiger partial charge on any atom is -0.228 e. The third kappa shape index (κ3) is 6.64. The number of nitrogens with zero attached hydrogens (tertiary/aromatic N) is 2. The van der Waals surface area contributed by atoms with Crippen LogP contribution in [0.2, 0.25) is 0 Å². The summed E-state index contributed by atoms with van der Waals surface area (Å²) < 4.78 is 2.60. The van der Waals surface area contributed by atoms with E-state index in [0.29, 0.717) is 5.82 Å². The van der Waals surface area contributed by atoms with E-state index in [4.69, 9.17) is 9.97 Å². The zero-order valence-corrected chi connectivity index (χ0v) is 36.4. The summed E-state index contributed by atoms with van der Waals surface area (Å²) in [6.45, 7) is 4.67. The molecule has 0 aliphatic heterocycles. The minimum atomic E-state index is -0.0373. The molecule has 0 atom stereocenters. The van der Waals surface area contributed by atoms with Crippen LogP contribution in [0.5, 0.6) is 0 Å². The summed E-state index contributed by atoms with van der Waals surface area (Å²) in [7, 11) is 0. The predicted octanol–water partition coefficient (Wildman–Crippen LogP) is 16.8. The van der Waals surface area contributed by atoms with Crippen molar-refractivity contribution in [3.63, 3.8) is 0 Å². The zero-order chi connectivity index (χ0) is 42.8. The molecule has 0 fully saturated rings. The monoisotopic (exact) mass is 834 g/mol. The minimum absolute atomic E-state index is 0.0373. The Bertz CT molecular complexity index is 3580. The fraction of sp³-hybridized carbons (Fsp3) is 0.0492. The van der Waals surface area contributed by atoms with E-state index < -0.39 is 0 Å². The van der Waals surface area contributed by atoms with E-state index in [1.54, 1.807) is 0 Å². The highest BCUT2D eigenvalue weighted by Gasteiger charge is 2.35. The van der Waals surface area contributed by atoms with Crippen LogP contribution in [0.1, 0.15) is 25.0 Å². The van der Waals surface area contributed by atoms with Crippen molar-refractivity contribution < 1.29 is 0 Å². The standard InChI is InChI=1S/C61H42N2S/c1-61(2)54-25-11-9-23-50(54)52-36-44(27-29-55(52)61)42-20-14-22-46(32-42)56-38-57(63-60(62-56)40-17-7-4-8-18-40)49-34-47(43-21-13-19-41(31-43)39-15-5-3-6-16-39)33-48(35-49)45-28-30-59-53(37-45)51-24-10-12-26-58(51)64-59/h3-38H,1-2H3. The molecular formula is C61H42N2S. The first-order valence-corrected chi connectivity index (χ1v) is 22.8. The Kier molecular flexibility index (Phi) is 9.06. The number of hydrogen-bond donors (Lipinski definition) is 0. The van der Waals surface area contributed by atoms with Crippen LogP contribution in [-0.2, 0) is 5.41 Å². The van der Waals surface area contributed by atoms with E-state index in [1.807, 2.05) is 17.4 Å². The van der Waals surface area contributed by atoms with Crippen LogP contribution in [0.3, 0.4) is 0 Å². The number of fused-ring (bicyclic) bond motifs is 6. The highest BCUT2D eigenvalue weighted by atomic mass is 32.1. The van der Waals surface area contributed by atoms with Gasteiger partial charge >= 0.3 is 0 Å². The van der Waals surface area contributed by atoms with Crippen LogP contribution >= 0.6 is 11.3 Å². The highest BCUT2D eigenvalue weighted by molar-refractivity contribution is 7.25. The molecule has 302 valence electrons.